The highest BCUT2D eigenvalue weighted by atomic mass is 127. The van der Waals surface area contributed by atoms with E-state index in [1.807, 2.05) is 13.8 Å². The van der Waals surface area contributed by atoms with E-state index < -0.39 is 12.8 Å². The van der Waals surface area contributed by atoms with Crippen LogP contribution in [0.4, 0.5) is 13.2 Å². The lowest BCUT2D eigenvalue weighted by Crippen LogP contribution is -2.39. The number of ether oxygens (including phenoxy) is 3. The number of halogens is 4. The lowest BCUT2D eigenvalue weighted by atomic mass is 10.2. The third-order valence-electron chi connectivity index (χ3n) is 3.13. The molecule has 2 N–H and O–H groups in total. The first-order valence-corrected chi connectivity index (χ1v) is 8.36. The van der Waals surface area contributed by atoms with E-state index in [0.717, 1.165) is 5.56 Å². The predicted octanol–water partition coefficient (Wildman–Crippen LogP) is 3.35. The second-order valence-corrected chi connectivity index (χ2v) is 5.21. The van der Waals surface area contributed by atoms with Crippen LogP contribution in [-0.2, 0) is 11.3 Å². The molecule has 0 fully saturated rings. The maximum atomic E-state index is 12.3. The number of aliphatic imine (C=N–C) groups is 1. The summed E-state index contributed by atoms with van der Waals surface area (Å²) in [7, 11) is 1.38. The molecule has 156 valence electrons. The Morgan fingerprint density at radius 3 is 2.48 bits per heavy atom. The largest absolute Gasteiger partial charge is 0.493 e. The van der Waals surface area contributed by atoms with Gasteiger partial charge in [-0.15, -0.1) is 24.0 Å². The molecule has 10 heteroatoms. The van der Waals surface area contributed by atoms with Crippen LogP contribution in [0.15, 0.2) is 23.2 Å². The van der Waals surface area contributed by atoms with E-state index in [1.165, 1.54) is 13.2 Å². The van der Waals surface area contributed by atoms with Gasteiger partial charge < -0.3 is 24.8 Å². The van der Waals surface area contributed by atoms with E-state index in [1.54, 1.807) is 12.1 Å². The van der Waals surface area contributed by atoms with E-state index >= 15 is 0 Å². The lowest BCUT2D eigenvalue weighted by molar-refractivity contribution is -0.153. The van der Waals surface area contributed by atoms with E-state index in [0.29, 0.717) is 38.8 Å². The molecule has 0 radical (unpaired) electrons. The molecule has 0 heterocycles. The Labute approximate surface area is 174 Å². The summed E-state index contributed by atoms with van der Waals surface area (Å²) in [5.74, 6) is 0.902. The highest BCUT2D eigenvalue weighted by Crippen LogP contribution is 2.30. The van der Waals surface area contributed by atoms with Crippen LogP contribution in [0, 0.1) is 0 Å². The topological polar surface area (TPSA) is 64.1 Å². The van der Waals surface area contributed by atoms with Crippen LogP contribution in [0.3, 0.4) is 0 Å². The number of nitrogens with zero attached hydrogens (tertiary/aromatic N) is 1. The summed E-state index contributed by atoms with van der Waals surface area (Å²) < 4.78 is 52.0. The molecule has 0 bridgehead atoms. The number of alkyl halides is 3. The molecule has 1 rings (SSSR count). The van der Waals surface area contributed by atoms with Gasteiger partial charge in [0, 0.05) is 19.7 Å². The Morgan fingerprint density at radius 2 is 1.89 bits per heavy atom. The Balaban J connectivity index is 0.00000676. The highest BCUT2D eigenvalue weighted by molar-refractivity contribution is 14.0. The molecule has 0 unspecified atom stereocenters. The maximum absolute atomic E-state index is 12.3. The third kappa shape index (κ3) is 11.1. The number of guanidine groups is 1. The van der Waals surface area contributed by atoms with Crippen molar-refractivity contribution in [2.75, 3.05) is 40.0 Å². The van der Waals surface area contributed by atoms with Gasteiger partial charge in [-0.05, 0) is 31.5 Å². The van der Waals surface area contributed by atoms with Crippen LogP contribution in [-0.4, -0.2) is 52.2 Å². The van der Waals surface area contributed by atoms with Crippen molar-refractivity contribution in [1.82, 2.24) is 10.6 Å². The van der Waals surface area contributed by atoms with Crippen molar-refractivity contribution in [2.45, 2.75) is 26.6 Å². The number of methoxy groups -OCH3 is 1. The molecule has 0 amide bonds. The molecule has 6 nitrogen and oxygen atoms in total. The van der Waals surface area contributed by atoms with E-state index in [9.17, 15) is 13.2 Å². The Bertz CT molecular complexity index is 572. The first kappa shape index (κ1) is 25.6. The van der Waals surface area contributed by atoms with Gasteiger partial charge >= 0.3 is 6.18 Å². The van der Waals surface area contributed by atoms with Crippen LogP contribution in [0.5, 0.6) is 11.5 Å². The van der Waals surface area contributed by atoms with Gasteiger partial charge in [0.2, 0.25) is 0 Å². The Hall–Kier alpha value is -1.43. The van der Waals surface area contributed by atoms with Gasteiger partial charge in [-0.25, -0.2) is 4.99 Å². The first-order valence-electron chi connectivity index (χ1n) is 8.36. The minimum Gasteiger partial charge on any atom is -0.493 e. The van der Waals surface area contributed by atoms with Gasteiger partial charge in [0.1, 0.15) is 0 Å². The number of benzene rings is 1. The fourth-order valence-corrected chi connectivity index (χ4v) is 1.99. The van der Waals surface area contributed by atoms with Crippen LogP contribution < -0.4 is 20.1 Å². The summed E-state index contributed by atoms with van der Waals surface area (Å²) >= 11 is 0. The van der Waals surface area contributed by atoms with Crippen molar-refractivity contribution in [1.29, 1.82) is 0 Å². The summed E-state index contributed by atoms with van der Waals surface area (Å²) in [5.41, 5.74) is 0.781. The highest BCUT2D eigenvalue weighted by Gasteiger charge is 2.29. The van der Waals surface area contributed by atoms with Crippen molar-refractivity contribution in [3.05, 3.63) is 23.8 Å². The smallest absolute Gasteiger partial charge is 0.422 e. The fourth-order valence-electron chi connectivity index (χ4n) is 1.99. The standard InChI is InChI=1S/C17H26F3N3O3.HI/c1-4-21-16(22-8-9-25-5-2)23-11-13-6-7-14(15(10-13)24-3)26-12-17(18,19)20;/h6-7,10H,4-5,8-9,11-12H2,1-3H3,(H2,21,22,23);1H. The lowest BCUT2D eigenvalue weighted by Gasteiger charge is -2.14. The minimum atomic E-state index is -4.40. The Kier molecular flexibility index (Phi) is 13.0. The summed E-state index contributed by atoms with van der Waals surface area (Å²) in [6, 6.07) is 4.71. The van der Waals surface area contributed by atoms with Crippen LogP contribution in [0.25, 0.3) is 0 Å². The van der Waals surface area contributed by atoms with Gasteiger partial charge in [0.25, 0.3) is 0 Å². The quantitative estimate of drug-likeness (QED) is 0.221. The second-order valence-electron chi connectivity index (χ2n) is 5.21. The van der Waals surface area contributed by atoms with Crippen LogP contribution >= 0.6 is 24.0 Å². The van der Waals surface area contributed by atoms with Gasteiger partial charge in [0.15, 0.2) is 24.1 Å². The summed E-state index contributed by atoms with van der Waals surface area (Å²) in [5, 5.41) is 6.24. The van der Waals surface area contributed by atoms with Crippen molar-refractivity contribution >= 4 is 29.9 Å². The number of hydrogen-bond donors (Lipinski definition) is 2. The normalized spacial score (nSPS) is 11.6. The second kappa shape index (κ2) is 13.7. The SMILES string of the molecule is CCNC(=NCc1ccc(OCC(F)(F)F)c(OC)c1)NCCOCC.I. The number of hydrogen-bond acceptors (Lipinski definition) is 4. The van der Waals surface area contributed by atoms with Gasteiger partial charge in [-0.1, -0.05) is 6.07 Å². The third-order valence-corrected chi connectivity index (χ3v) is 3.13. The molecular formula is C17H27F3IN3O3. The van der Waals surface area contributed by atoms with Crippen LogP contribution in [0.2, 0.25) is 0 Å². The van der Waals surface area contributed by atoms with Crippen molar-refractivity contribution in [2.24, 2.45) is 4.99 Å². The first-order chi connectivity index (χ1) is 12.4. The number of nitrogens with one attached hydrogen (secondary N) is 2. The summed E-state index contributed by atoms with van der Waals surface area (Å²) in [6.45, 7) is 5.39. The molecule has 27 heavy (non-hydrogen) atoms. The van der Waals surface area contributed by atoms with Crippen LogP contribution in [0.1, 0.15) is 19.4 Å². The van der Waals surface area contributed by atoms with E-state index in [4.69, 9.17) is 14.2 Å². The molecule has 0 aliphatic rings. The van der Waals surface area contributed by atoms with Gasteiger partial charge in [0.05, 0.1) is 20.3 Å². The van der Waals surface area contributed by atoms with Crippen molar-refractivity contribution in [3.63, 3.8) is 0 Å². The molecule has 0 spiro atoms. The average Bonchev–Trinajstić information content (AvgIpc) is 2.61. The molecule has 0 aliphatic carbocycles. The monoisotopic (exact) mass is 505 g/mol. The fraction of sp³-hybridized carbons (Fsp3) is 0.588. The predicted molar refractivity (Wildman–Crippen MR) is 109 cm³/mol. The van der Waals surface area contributed by atoms with E-state index in [-0.39, 0.29) is 35.5 Å². The van der Waals surface area contributed by atoms with Gasteiger partial charge in [-0.3, -0.25) is 0 Å². The summed E-state index contributed by atoms with van der Waals surface area (Å²) in [4.78, 5) is 4.43. The molecule has 0 saturated heterocycles. The maximum Gasteiger partial charge on any atom is 0.422 e. The molecule has 0 aliphatic heterocycles. The summed E-state index contributed by atoms with van der Waals surface area (Å²) in [6.07, 6.45) is -4.40. The Morgan fingerprint density at radius 1 is 1.15 bits per heavy atom. The molecule has 1 aromatic rings. The molecule has 1 aromatic carbocycles. The molecule has 0 atom stereocenters. The van der Waals surface area contributed by atoms with Crippen molar-refractivity contribution in [3.8, 4) is 11.5 Å². The minimum absolute atomic E-state index is 0. The van der Waals surface area contributed by atoms with Gasteiger partial charge in [-0.2, -0.15) is 13.2 Å². The van der Waals surface area contributed by atoms with E-state index in [2.05, 4.69) is 15.6 Å². The zero-order valence-electron chi connectivity index (χ0n) is 15.7. The molecular weight excluding hydrogens is 478 g/mol. The zero-order valence-corrected chi connectivity index (χ0v) is 18.0. The number of rotatable bonds is 10. The average molecular weight is 505 g/mol. The molecule has 0 saturated carbocycles. The zero-order chi connectivity index (χ0) is 19.4. The van der Waals surface area contributed by atoms with Crippen molar-refractivity contribution < 1.29 is 27.4 Å². The molecule has 0 aromatic heterocycles.